The van der Waals surface area contributed by atoms with Crippen molar-refractivity contribution in [2.45, 2.75) is 32.7 Å². The van der Waals surface area contributed by atoms with Crippen LogP contribution < -0.4 is 22.8 Å². The van der Waals surface area contributed by atoms with Gasteiger partial charge in [0.2, 0.25) is 32.4 Å². The molecule has 0 unspecified atom stereocenters. The predicted octanol–water partition coefficient (Wildman–Crippen LogP) is 11.3. The molecule has 520 valence electrons. The number of aromatic nitrogens is 23. The standard InChI is InChI=1S/C21H16N5.2C16H14N5.C15H11N4O.C15H11N4S/c1-24-19-18-16(10-6-12-23-18)26(15-8-3-2-4-9-15)21(19)25-13-14-7-5-11-22-17(14)20(24)25;2*1-19-11-6-4-8-18-13(11)14-16(19)21-9-10-5-3-7-17-12(10)15(21)20(14)2;2*1-18-13-12-10(5-3-7-17-12)20-15(13)19-8-9-4-2-6-16-11(9)14(18)19/h2-12H,13H2,1H3;2*3-8H,9H2,1-2H3;2*2-7H,8H2,1H3/q5*+1/i;1D3;;;. The number of hydrogen-bond donors (Lipinski definition) is 0. The summed E-state index contributed by atoms with van der Waals surface area (Å²) in [6, 6.07) is 50.8. The van der Waals surface area contributed by atoms with Gasteiger partial charge in [0.15, 0.2) is 22.5 Å². The van der Waals surface area contributed by atoms with Gasteiger partial charge in [0.1, 0.15) is 74.5 Å². The van der Waals surface area contributed by atoms with E-state index in [4.69, 9.17) is 13.5 Å². The van der Waals surface area contributed by atoms with Crippen LogP contribution in [0.3, 0.4) is 0 Å². The fourth-order valence-corrected chi connectivity index (χ4v) is 18.7. The van der Waals surface area contributed by atoms with E-state index in [0.29, 0.717) is 23.2 Å². The van der Waals surface area contributed by atoms with E-state index in [2.05, 4.69) is 185 Å². The molecule has 5 aliphatic rings. The average molecular weight is 1440 g/mol. The third-order valence-corrected chi connectivity index (χ3v) is 23.2. The highest BCUT2D eigenvalue weighted by molar-refractivity contribution is 7.25. The van der Waals surface area contributed by atoms with E-state index < -0.39 is 6.98 Å². The Labute approximate surface area is 622 Å². The summed E-state index contributed by atoms with van der Waals surface area (Å²) in [5.74, 6) is 5.50. The van der Waals surface area contributed by atoms with Crippen molar-refractivity contribution in [2.24, 2.45) is 49.3 Å². The van der Waals surface area contributed by atoms with Gasteiger partial charge < -0.3 is 4.42 Å². The zero-order valence-electron chi connectivity index (χ0n) is 62.3. The largest absolute Gasteiger partial charge is 0.417 e. The molecule has 24 nitrogen and oxygen atoms in total. The quantitative estimate of drug-likeness (QED) is 0.142. The van der Waals surface area contributed by atoms with Crippen molar-refractivity contribution >= 4 is 121 Å². The summed E-state index contributed by atoms with van der Waals surface area (Å²) >= 11 is 1.81. The van der Waals surface area contributed by atoms with Crippen molar-refractivity contribution in [3.05, 3.63) is 241 Å². The van der Waals surface area contributed by atoms with Gasteiger partial charge in [-0.3, -0.25) is 27.8 Å². The lowest BCUT2D eigenvalue weighted by Gasteiger charge is -2.02. The van der Waals surface area contributed by atoms with Crippen LogP contribution in [-0.2, 0) is 82.0 Å². The average Bonchev–Trinajstić information content (AvgIpc) is 1.60. The Kier molecular flexibility index (Phi) is 12.5. The highest BCUT2D eigenvalue weighted by atomic mass is 32.1. The number of rotatable bonds is 1. The summed E-state index contributed by atoms with van der Waals surface area (Å²) in [4.78, 5) is 46.8. The summed E-state index contributed by atoms with van der Waals surface area (Å²) in [5, 5.41) is 0. The number of aryl methyl sites for hydroxylation is 7. The number of pyridine rings is 10. The summed E-state index contributed by atoms with van der Waals surface area (Å²) in [6.45, 7) is 1.74. The molecule has 21 aromatic rings. The first kappa shape index (κ1) is 58.6. The Hall–Kier alpha value is -13.8. The molecule has 1 aromatic carbocycles. The first-order valence-electron chi connectivity index (χ1n) is 37.1. The Morgan fingerprint density at radius 3 is 1.22 bits per heavy atom. The molecule has 0 aliphatic carbocycles. The molecular formula is C83H66N23OS+5. The number of furan rings is 1. The van der Waals surface area contributed by atoms with Crippen molar-refractivity contribution in [3.8, 4) is 63.3 Å². The molecule has 108 heavy (non-hydrogen) atoms. The van der Waals surface area contributed by atoms with E-state index in [1.54, 1.807) is 24.7 Å². The normalized spacial score (nSPS) is 13.5. The molecule has 0 N–H and O–H groups in total. The first-order chi connectivity index (χ1) is 54.3. The molecule has 0 amide bonds. The molecule has 0 atom stereocenters. The highest BCUT2D eigenvalue weighted by Gasteiger charge is 2.42. The molecule has 26 rings (SSSR count). The van der Waals surface area contributed by atoms with Gasteiger partial charge in [-0.05, 0) is 103 Å². The van der Waals surface area contributed by atoms with Gasteiger partial charge in [0, 0.05) is 89.8 Å². The van der Waals surface area contributed by atoms with Gasteiger partial charge in [0.25, 0.3) is 34.4 Å². The Bertz CT molecular complexity index is 7380. The van der Waals surface area contributed by atoms with Crippen molar-refractivity contribution in [1.29, 1.82) is 0 Å². The minimum absolute atomic E-state index is 0.613. The molecule has 20 aromatic heterocycles. The fourth-order valence-electron chi connectivity index (χ4n) is 17.5. The topological polar surface area (TPSA) is 201 Å². The van der Waals surface area contributed by atoms with Gasteiger partial charge in [-0.2, -0.15) is 4.57 Å². The van der Waals surface area contributed by atoms with Gasteiger partial charge in [0.05, 0.1) is 77.7 Å². The zero-order valence-corrected chi connectivity index (χ0v) is 60.2. The van der Waals surface area contributed by atoms with E-state index in [1.165, 1.54) is 70.3 Å². The van der Waals surface area contributed by atoms with Crippen molar-refractivity contribution in [1.82, 2.24) is 86.4 Å². The molecule has 5 aliphatic heterocycles. The number of thiophene rings is 1. The van der Waals surface area contributed by atoms with E-state index in [9.17, 15) is 0 Å². The number of fused-ring (bicyclic) bond motifs is 35. The smallest absolute Gasteiger partial charge is 0.341 e. The Morgan fingerprint density at radius 2 is 0.694 bits per heavy atom. The van der Waals surface area contributed by atoms with Gasteiger partial charge in [-0.25, -0.2) is 76.8 Å². The van der Waals surface area contributed by atoms with Crippen molar-refractivity contribution < 1.29 is 31.4 Å². The first-order valence-corrected chi connectivity index (χ1v) is 36.5. The molecule has 25 heterocycles. The zero-order chi connectivity index (χ0) is 74.6. The summed E-state index contributed by atoms with van der Waals surface area (Å²) in [7, 11) is 12.4. The van der Waals surface area contributed by atoms with Crippen LogP contribution in [0.1, 0.15) is 31.9 Å². The minimum atomic E-state index is -2.28. The molecular weight excluding hydrogens is 1370 g/mol. The Balaban J connectivity index is 0.0000000856. The predicted molar refractivity (Wildman–Crippen MR) is 411 cm³/mol. The lowest BCUT2D eigenvalue weighted by molar-refractivity contribution is -0.652. The van der Waals surface area contributed by atoms with Crippen LogP contribution in [0.25, 0.3) is 173 Å². The van der Waals surface area contributed by atoms with E-state index in [0.717, 1.165) is 144 Å². The van der Waals surface area contributed by atoms with E-state index >= 15 is 0 Å². The van der Waals surface area contributed by atoms with E-state index in [1.807, 2.05) is 157 Å². The summed E-state index contributed by atoms with van der Waals surface area (Å²) in [5.41, 5.74) is 30.3. The fraction of sp³-hybridized carbons (Fsp3) is 0.145. The minimum Gasteiger partial charge on any atom is -0.417 e. The van der Waals surface area contributed by atoms with Crippen LogP contribution in [0.15, 0.2) is 218 Å². The second kappa shape index (κ2) is 23.1. The molecule has 0 spiro atoms. The third-order valence-electron chi connectivity index (χ3n) is 22.0. The number of nitrogens with zero attached hydrogens (tertiary/aromatic N) is 23. The molecule has 0 bridgehead atoms. The number of para-hydroxylation sites is 1. The highest BCUT2D eigenvalue weighted by Crippen LogP contribution is 2.41. The van der Waals surface area contributed by atoms with Gasteiger partial charge in [-0.1, -0.05) is 59.9 Å². The lowest BCUT2D eigenvalue weighted by atomic mass is 10.2. The molecule has 25 heteroatoms. The number of benzene rings is 1. The van der Waals surface area contributed by atoms with Crippen LogP contribution in [-0.4, -0.2) is 86.4 Å². The maximum Gasteiger partial charge on any atom is 0.341 e. The van der Waals surface area contributed by atoms with Crippen LogP contribution in [0, 0.1) is 0 Å². The molecule has 0 saturated heterocycles. The second-order valence-electron chi connectivity index (χ2n) is 27.8. The Morgan fingerprint density at radius 1 is 0.324 bits per heavy atom. The van der Waals surface area contributed by atoms with Crippen LogP contribution in [0.4, 0.5) is 0 Å². The summed E-state index contributed by atoms with van der Waals surface area (Å²) < 4.78 is 59.4. The molecule has 0 radical (unpaired) electrons. The van der Waals surface area contributed by atoms with Crippen LogP contribution in [0.5, 0.6) is 0 Å². The van der Waals surface area contributed by atoms with Gasteiger partial charge in [-0.15, -0.1) is 0 Å². The molecule has 0 fully saturated rings. The second-order valence-corrected chi connectivity index (χ2v) is 28.8. The summed E-state index contributed by atoms with van der Waals surface area (Å²) in [6.07, 6.45) is 18.3. The van der Waals surface area contributed by atoms with Crippen molar-refractivity contribution in [3.63, 3.8) is 0 Å². The third kappa shape index (κ3) is 8.51. The SMILES string of the molecule is Cn1c2[n+](c3c1c1ncccc1n3-c1ccccc1)Cc1cccnc1-2.Cn1c2[n+](c3c1c1ncccc1n3C)Cc1cccnc1-2.Cn1c2[n+](c3oc4cccnc4c31)Cc1cccnc1-2.Cn1c2[n+](c3sc4cccnc4c31)Cc1cccnc1-2.[2H]C([2H])([2H])n1c2cccnc2c2c1[n+]1c(n2C)-c2ncccc2C1. The van der Waals surface area contributed by atoms with Crippen LogP contribution in [0.2, 0.25) is 0 Å². The monoisotopic (exact) mass is 1440 g/mol. The maximum atomic E-state index is 8.02. The van der Waals surface area contributed by atoms with Gasteiger partial charge >= 0.3 is 17.4 Å². The van der Waals surface area contributed by atoms with E-state index in [-0.39, 0.29) is 0 Å². The van der Waals surface area contributed by atoms with Crippen molar-refractivity contribution in [2.75, 3.05) is 0 Å². The molecule has 0 saturated carbocycles. The number of imidazole rings is 5. The number of hydrogen-bond acceptors (Lipinski definition) is 12. The maximum absolute atomic E-state index is 8.02. The van der Waals surface area contributed by atoms with Crippen LogP contribution >= 0.6 is 11.3 Å². The lowest BCUT2D eigenvalue weighted by Crippen LogP contribution is -2.33.